The zero-order chi connectivity index (χ0) is 36.1. The average molecular weight is 676 g/mol. The van der Waals surface area contributed by atoms with Gasteiger partial charge in [-0.3, -0.25) is 4.98 Å². The van der Waals surface area contributed by atoms with E-state index in [-0.39, 0.29) is 16.8 Å². The van der Waals surface area contributed by atoms with Gasteiger partial charge in [-0.2, -0.15) is 0 Å². The second-order valence-electron chi connectivity index (χ2n) is 14.3. The van der Waals surface area contributed by atoms with Crippen molar-refractivity contribution in [2.45, 2.75) is 38.5 Å². The molecule has 5 aromatic rings. The molecule has 0 radical (unpaired) electrons. The monoisotopic (exact) mass is 675 g/mol. The molecule has 0 saturated heterocycles. The van der Waals surface area contributed by atoms with Gasteiger partial charge in [-0.05, 0) is 84.4 Å². The zero-order valence-electron chi connectivity index (χ0n) is 30.2. The fraction of sp³-hybridized carbons (Fsp3) is 0.233. The number of carbonyl (C=O) groups excluding carboxylic acids is 1. The van der Waals surface area contributed by atoms with Gasteiger partial charge in [0.15, 0.2) is 5.75 Å². The van der Waals surface area contributed by atoms with Crippen molar-refractivity contribution in [2.24, 2.45) is 0 Å². The van der Waals surface area contributed by atoms with Crippen LogP contribution < -0.4 is 20.3 Å². The lowest BCUT2D eigenvalue weighted by Crippen LogP contribution is -2.10. The molecule has 51 heavy (non-hydrogen) atoms. The number of ether oxygens (including phenoxy) is 2. The molecule has 0 saturated carbocycles. The van der Waals surface area contributed by atoms with E-state index in [2.05, 4.69) is 109 Å². The van der Waals surface area contributed by atoms with E-state index >= 15 is 0 Å². The molecule has 0 aliphatic carbocycles. The molecule has 5 heterocycles. The highest BCUT2D eigenvalue weighted by Crippen LogP contribution is 2.32. The van der Waals surface area contributed by atoms with Crippen LogP contribution in [0.25, 0.3) is 45.3 Å². The van der Waals surface area contributed by atoms with Crippen LogP contribution >= 0.6 is 0 Å². The van der Waals surface area contributed by atoms with Gasteiger partial charge in [-0.1, -0.05) is 51.7 Å². The second-order valence-corrected chi connectivity index (χ2v) is 14.3. The SMILES string of the molecule is COC(=O)c1ccc(-c2cc3cc4nc(c(OC)c5[nH]c(cc6nc(cc2[nH]3)=CC6(C)C)cc5C#Cc2ccc(N(C)C)cc2)=CC4(C)C)cc1. The number of aromatic nitrogens is 4. The van der Waals surface area contributed by atoms with Gasteiger partial charge in [0.1, 0.15) is 5.35 Å². The van der Waals surface area contributed by atoms with Gasteiger partial charge in [-0.25, -0.2) is 9.78 Å². The van der Waals surface area contributed by atoms with Crippen LogP contribution in [0.5, 0.6) is 5.75 Å². The third-order valence-electron chi connectivity index (χ3n) is 9.41. The minimum absolute atomic E-state index is 0.334. The summed E-state index contributed by atoms with van der Waals surface area (Å²) in [7, 11) is 7.10. The summed E-state index contributed by atoms with van der Waals surface area (Å²) in [6, 6.07) is 26.1. The maximum atomic E-state index is 12.1. The highest BCUT2D eigenvalue weighted by molar-refractivity contribution is 5.91. The molecule has 0 spiro atoms. The van der Waals surface area contributed by atoms with E-state index in [1.807, 2.05) is 38.4 Å². The van der Waals surface area contributed by atoms with Crippen molar-refractivity contribution in [1.82, 2.24) is 19.9 Å². The molecule has 0 unspecified atom stereocenters. The van der Waals surface area contributed by atoms with Gasteiger partial charge >= 0.3 is 5.97 Å². The van der Waals surface area contributed by atoms with Crippen molar-refractivity contribution in [3.63, 3.8) is 0 Å². The van der Waals surface area contributed by atoms with Crippen LogP contribution in [0.1, 0.15) is 60.6 Å². The van der Waals surface area contributed by atoms with Gasteiger partial charge in [0, 0.05) is 58.3 Å². The highest BCUT2D eigenvalue weighted by atomic mass is 16.5. The second kappa shape index (κ2) is 12.7. The lowest BCUT2D eigenvalue weighted by Gasteiger charge is -2.13. The van der Waals surface area contributed by atoms with E-state index in [4.69, 9.17) is 19.4 Å². The van der Waals surface area contributed by atoms with Crippen LogP contribution in [0.4, 0.5) is 5.69 Å². The molecule has 3 aromatic heterocycles. The van der Waals surface area contributed by atoms with Crippen molar-refractivity contribution < 1.29 is 14.3 Å². The fourth-order valence-corrected chi connectivity index (χ4v) is 6.52. The third kappa shape index (κ3) is 6.51. The Morgan fingerprint density at radius 3 is 2.10 bits per heavy atom. The van der Waals surface area contributed by atoms with E-state index in [9.17, 15) is 4.79 Å². The number of fused-ring (bicyclic) bond motifs is 8. The summed E-state index contributed by atoms with van der Waals surface area (Å²) >= 11 is 0. The van der Waals surface area contributed by atoms with Crippen molar-refractivity contribution in [2.75, 3.05) is 33.2 Å². The normalized spacial score (nSPS) is 14.0. The number of carbonyl (C=O) groups is 1. The predicted molar refractivity (Wildman–Crippen MR) is 205 cm³/mol. The molecule has 7 rings (SSSR count). The predicted octanol–water partition coefficient (Wildman–Crippen LogP) is 6.76. The van der Waals surface area contributed by atoms with Crippen LogP contribution in [0.3, 0.4) is 0 Å². The van der Waals surface area contributed by atoms with Gasteiger partial charge in [0.05, 0.1) is 47.6 Å². The molecule has 2 aliphatic heterocycles. The Morgan fingerprint density at radius 2 is 1.43 bits per heavy atom. The number of aromatic amines is 2. The topological polar surface area (TPSA) is 96.1 Å². The summed E-state index contributed by atoms with van der Waals surface area (Å²) in [5, 5.41) is 1.57. The lowest BCUT2D eigenvalue weighted by atomic mass is 9.90. The quantitative estimate of drug-likeness (QED) is 0.162. The number of rotatable bonds is 4. The van der Waals surface area contributed by atoms with E-state index in [1.165, 1.54) is 7.11 Å². The molecule has 8 bridgehead atoms. The first-order valence-corrected chi connectivity index (χ1v) is 16.9. The summed E-state index contributed by atoms with van der Waals surface area (Å²) in [4.78, 5) is 31.7. The Kier molecular flexibility index (Phi) is 8.31. The number of anilines is 1. The van der Waals surface area contributed by atoms with Crippen molar-refractivity contribution in [1.29, 1.82) is 0 Å². The Morgan fingerprint density at radius 1 is 0.765 bits per heavy atom. The van der Waals surface area contributed by atoms with Crippen molar-refractivity contribution in [3.8, 4) is 28.7 Å². The summed E-state index contributed by atoms with van der Waals surface area (Å²) in [5.74, 6) is 7.02. The maximum Gasteiger partial charge on any atom is 0.337 e. The number of hydrogen-bond donors (Lipinski definition) is 2. The van der Waals surface area contributed by atoms with E-state index in [0.29, 0.717) is 11.3 Å². The number of H-pyrrole nitrogens is 2. The number of hydrogen-bond acceptors (Lipinski definition) is 6. The van der Waals surface area contributed by atoms with E-state index in [0.717, 1.165) is 72.1 Å². The number of benzene rings is 2. The highest BCUT2D eigenvalue weighted by Gasteiger charge is 2.26. The van der Waals surface area contributed by atoms with Crippen LogP contribution in [0.2, 0.25) is 0 Å². The first kappa shape index (κ1) is 33.4. The molecular weight excluding hydrogens is 635 g/mol. The first-order chi connectivity index (χ1) is 24.3. The summed E-state index contributed by atoms with van der Waals surface area (Å²) in [6.07, 6.45) is 4.32. The first-order valence-electron chi connectivity index (χ1n) is 16.9. The fourth-order valence-electron chi connectivity index (χ4n) is 6.52. The summed E-state index contributed by atoms with van der Waals surface area (Å²) in [6.45, 7) is 8.61. The van der Waals surface area contributed by atoms with Crippen LogP contribution in [0.15, 0.2) is 78.9 Å². The number of nitrogens with zero attached hydrogens (tertiary/aromatic N) is 3. The standard InChI is InChI=1S/C43H41N5O3/c1-42(2)24-32-21-35-34(27-13-15-28(16-14-27)41(49)51-8)20-31(44-35)23-38-43(3,4)25-36(47-38)40(50-7)39-29(19-30(46-39)22-37(42)45-32)12-9-26-10-17-33(18-11-26)48(5)6/h10-11,13-25,44,46H,1-8H3. The molecule has 0 atom stereocenters. The van der Waals surface area contributed by atoms with E-state index in [1.54, 1.807) is 19.2 Å². The molecule has 2 aromatic carbocycles. The molecular formula is C43H41N5O3. The van der Waals surface area contributed by atoms with Gasteiger partial charge in [0.2, 0.25) is 0 Å². The minimum Gasteiger partial charge on any atom is -0.492 e. The Balaban J connectivity index is 1.50. The zero-order valence-corrected chi connectivity index (χ0v) is 30.2. The molecule has 2 N–H and O–H groups in total. The molecule has 0 amide bonds. The number of methoxy groups -OCH3 is 2. The molecule has 8 heteroatoms. The summed E-state index contributed by atoms with van der Waals surface area (Å²) < 4.78 is 11.0. The van der Waals surface area contributed by atoms with Gasteiger partial charge in [-0.15, -0.1) is 0 Å². The van der Waals surface area contributed by atoms with Crippen molar-refractivity contribution in [3.05, 3.63) is 118 Å². The molecule has 256 valence electrons. The Labute approximate surface area is 297 Å². The largest absolute Gasteiger partial charge is 0.492 e. The maximum absolute atomic E-state index is 12.1. The minimum atomic E-state index is -0.386. The number of nitrogens with one attached hydrogen (secondary N) is 2. The lowest BCUT2D eigenvalue weighted by molar-refractivity contribution is 0.0600. The van der Waals surface area contributed by atoms with Crippen LogP contribution in [-0.4, -0.2) is 54.2 Å². The molecule has 8 nitrogen and oxygen atoms in total. The van der Waals surface area contributed by atoms with Crippen LogP contribution in [0, 0.1) is 11.8 Å². The van der Waals surface area contributed by atoms with Crippen molar-refractivity contribution >= 4 is 45.9 Å². The number of esters is 1. The molecule has 0 fully saturated rings. The Hall–Kier alpha value is -6.07. The van der Waals surface area contributed by atoms with Gasteiger partial charge < -0.3 is 24.3 Å². The smallest absolute Gasteiger partial charge is 0.337 e. The van der Waals surface area contributed by atoms with Gasteiger partial charge in [0.25, 0.3) is 0 Å². The molecule has 2 aliphatic rings. The summed E-state index contributed by atoms with van der Waals surface area (Å²) in [5.41, 5.74) is 9.77. The van der Waals surface area contributed by atoms with Crippen LogP contribution in [-0.2, 0) is 15.6 Å². The Bertz CT molecular complexity index is 2540. The third-order valence-corrected chi connectivity index (χ3v) is 9.41. The average Bonchev–Trinajstić information content (AvgIpc) is 3.83. The van der Waals surface area contributed by atoms with E-state index < -0.39 is 0 Å².